The Labute approximate surface area is 118 Å². The van der Waals surface area contributed by atoms with Crippen LogP contribution >= 0.6 is 0 Å². The van der Waals surface area contributed by atoms with Crippen LogP contribution in [-0.4, -0.2) is 32.8 Å². The summed E-state index contributed by atoms with van der Waals surface area (Å²) in [5.41, 5.74) is 0. The third-order valence-corrected chi connectivity index (χ3v) is 3.79. The molecule has 6 nitrogen and oxygen atoms in total. The summed E-state index contributed by atoms with van der Waals surface area (Å²) in [4.78, 5) is 22.6. The second-order valence-electron chi connectivity index (χ2n) is 5.33. The Morgan fingerprint density at radius 1 is 1.30 bits per heavy atom. The van der Waals surface area contributed by atoms with E-state index in [0.717, 1.165) is 25.8 Å². The second kappa shape index (κ2) is 7.07. The van der Waals surface area contributed by atoms with Crippen LogP contribution in [0.4, 0.5) is 0 Å². The van der Waals surface area contributed by atoms with Crippen LogP contribution < -0.4 is 5.32 Å². The SMILES string of the molecule is O=C(CCCn1cccn1)NC1CCC(C(=O)O)CC1. The fraction of sp³-hybridized carbons (Fsp3) is 0.643. The van der Waals surface area contributed by atoms with Gasteiger partial charge in [0.15, 0.2) is 0 Å². The zero-order valence-electron chi connectivity index (χ0n) is 11.5. The molecule has 0 radical (unpaired) electrons. The summed E-state index contributed by atoms with van der Waals surface area (Å²) >= 11 is 0. The molecule has 0 atom stereocenters. The summed E-state index contributed by atoms with van der Waals surface area (Å²) in [5.74, 6) is -0.895. The largest absolute Gasteiger partial charge is 0.481 e. The van der Waals surface area contributed by atoms with Gasteiger partial charge in [0.2, 0.25) is 5.91 Å². The van der Waals surface area contributed by atoms with Gasteiger partial charge < -0.3 is 10.4 Å². The van der Waals surface area contributed by atoms with Crippen LogP contribution in [0.25, 0.3) is 0 Å². The fourth-order valence-corrected chi connectivity index (χ4v) is 2.62. The molecule has 1 heterocycles. The van der Waals surface area contributed by atoms with Gasteiger partial charge in [-0.25, -0.2) is 0 Å². The van der Waals surface area contributed by atoms with Crippen molar-refractivity contribution in [3.05, 3.63) is 18.5 Å². The second-order valence-corrected chi connectivity index (χ2v) is 5.33. The monoisotopic (exact) mass is 279 g/mol. The molecular formula is C14H21N3O3. The van der Waals surface area contributed by atoms with Crippen molar-refractivity contribution < 1.29 is 14.7 Å². The molecule has 2 N–H and O–H groups in total. The maximum atomic E-state index is 11.8. The number of carboxylic acid groups (broad SMARTS) is 1. The molecule has 1 saturated carbocycles. The van der Waals surface area contributed by atoms with E-state index in [9.17, 15) is 9.59 Å². The lowest BCUT2D eigenvalue weighted by Gasteiger charge is -2.26. The van der Waals surface area contributed by atoms with Crippen LogP contribution in [0.3, 0.4) is 0 Å². The molecule has 110 valence electrons. The number of aliphatic carboxylic acids is 1. The molecule has 1 fully saturated rings. The van der Waals surface area contributed by atoms with Crippen molar-refractivity contribution in [2.24, 2.45) is 5.92 Å². The standard InChI is InChI=1S/C14H21N3O3/c18-13(3-1-9-17-10-2-8-15-17)16-12-6-4-11(5-7-12)14(19)20/h2,8,10-12H,1,3-7,9H2,(H,16,18)(H,19,20). The highest BCUT2D eigenvalue weighted by Crippen LogP contribution is 2.24. The van der Waals surface area contributed by atoms with E-state index in [0.29, 0.717) is 19.3 Å². The maximum absolute atomic E-state index is 11.8. The van der Waals surface area contributed by atoms with Crippen LogP contribution in [-0.2, 0) is 16.1 Å². The van der Waals surface area contributed by atoms with Gasteiger partial charge in [-0.1, -0.05) is 0 Å². The first-order valence-electron chi connectivity index (χ1n) is 7.15. The summed E-state index contributed by atoms with van der Waals surface area (Å²) in [6.45, 7) is 0.742. The molecule has 0 spiro atoms. The molecule has 0 aromatic carbocycles. The number of rotatable bonds is 6. The number of amides is 1. The first kappa shape index (κ1) is 14.6. The molecule has 1 amide bonds. The summed E-state index contributed by atoms with van der Waals surface area (Å²) in [5, 5.41) is 16.0. The molecule has 2 rings (SSSR count). The molecule has 1 aliphatic carbocycles. The van der Waals surface area contributed by atoms with E-state index in [4.69, 9.17) is 5.11 Å². The van der Waals surface area contributed by atoms with Crippen LogP contribution in [0, 0.1) is 5.92 Å². The van der Waals surface area contributed by atoms with Crippen LogP contribution in [0.15, 0.2) is 18.5 Å². The molecule has 0 saturated heterocycles. The average molecular weight is 279 g/mol. The highest BCUT2D eigenvalue weighted by Gasteiger charge is 2.26. The van der Waals surface area contributed by atoms with Crippen molar-refractivity contribution >= 4 is 11.9 Å². The lowest BCUT2D eigenvalue weighted by molar-refractivity contribution is -0.142. The van der Waals surface area contributed by atoms with E-state index >= 15 is 0 Å². The van der Waals surface area contributed by atoms with Gasteiger partial charge in [-0.3, -0.25) is 14.3 Å². The minimum Gasteiger partial charge on any atom is -0.481 e. The van der Waals surface area contributed by atoms with Gasteiger partial charge in [0.05, 0.1) is 5.92 Å². The number of carbonyl (C=O) groups is 2. The van der Waals surface area contributed by atoms with Crippen LogP contribution in [0.2, 0.25) is 0 Å². The third kappa shape index (κ3) is 4.36. The van der Waals surface area contributed by atoms with E-state index in [-0.39, 0.29) is 17.9 Å². The Balaban J connectivity index is 1.61. The normalized spacial score (nSPS) is 22.4. The van der Waals surface area contributed by atoms with Crippen molar-refractivity contribution in [2.75, 3.05) is 0 Å². The van der Waals surface area contributed by atoms with Gasteiger partial charge in [0.1, 0.15) is 0 Å². The Morgan fingerprint density at radius 3 is 2.65 bits per heavy atom. The van der Waals surface area contributed by atoms with Crippen LogP contribution in [0.1, 0.15) is 38.5 Å². The first-order valence-corrected chi connectivity index (χ1v) is 7.15. The van der Waals surface area contributed by atoms with E-state index in [1.54, 1.807) is 6.20 Å². The van der Waals surface area contributed by atoms with Gasteiger partial charge in [0.25, 0.3) is 0 Å². The predicted molar refractivity (Wildman–Crippen MR) is 73.0 cm³/mol. The number of hydrogen-bond donors (Lipinski definition) is 2. The van der Waals surface area contributed by atoms with Crippen molar-refractivity contribution in [3.63, 3.8) is 0 Å². The molecule has 1 aromatic heterocycles. The van der Waals surface area contributed by atoms with Crippen molar-refractivity contribution in [1.82, 2.24) is 15.1 Å². The Bertz CT molecular complexity index is 437. The number of nitrogens with one attached hydrogen (secondary N) is 1. The number of nitrogens with zero attached hydrogens (tertiary/aromatic N) is 2. The molecule has 1 aromatic rings. The van der Waals surface area contributed by atoms with Crippen LogP contribution in [0.5, 0.6) is 0 Å². The quantitative estimate of drug-likeness (QED) is 0.825. The first-order chi connectivity index (χ1) is 9.65. The van der Waals surface area contributed by atoms with E-state index in [1.807, 2.05) is 16.9 Å². The highest BCUT2D eigenvalue weighted by atomic mass is 16.4. The van der Waals surface area contributed by atoms with Gasteiger partial charge in [-0.05, 0) is 38.2 Å². The number of aromatic nitrogens is 2. The molecule has 20 heavy (non-hydrogen) atoms. The molecule has 1 aliphatic rings. The number of hydrogen-bond acceptors (Lipinski definition) is 3. The lowest BCUT2D eigenvalue weighted by atomic mass is 9.86. The summed E-state index contributed by atoms with van der Waals surface area (Å²) in [7, 11) is 0. The number of carbonyl (C=O) groups excluding carboxylic acids is 1. The van der Waals surface area contributed by atoms with Crippen molar-refractivity contribution in [3.8, 4) is 0 Å². The Morgan fingerprint density at radius 2 is 2.05 bits per heavy atom. The van der Waals surface area contributed by atoms with E-state index < -0.39 is 5.97 Å². The maximum Gasteiger partial charge on any atom is 0.306 e. The lowest BCUT2D eigenvalue weighted by Crippen LogP contribution is -2.38. The molecule has 6 heteroatoms. The smallest absolute Gasteiger partial charge is 0.306 e. The third-order valence-electron chi connectivity index (χ3n) is 3.79. The topological polar surface area (TPSA) is 84.2 Å². The molecule has 0 bridgehead atoms. The molecule has 0 aliphatic heterocycles. The Kier molecular flexibility index (Phi) is 5.15. The summed E-state index contributed by atoms with van der Waals surface area (Å²) in [6, 6.07) is 2.00. The minimum atomic E-state index is -0.714. The summed E-state index contributed by atoms with van der Waals surface area (Å²) < 4.78 is 1.81. The zero-order chi connectivity index (χ0) is 14.4. The predicted octanol–water partition coefficient (Wildman–Crippen LogP) is 1.42. The minimum absolute atomic E-state index is 0.0518. The fourth-order valence-electron chi connectivity index (χ4n) is 2.62. The van der Waals surface area contributed by atoms with Crippen molar-refractivity contribution in [1.29, 1.82) is 0 Å². The molecule has 0 unspecified atom stereocenters. The van der Waals surface area contributed by atoms with Gasteiger partial charge in [-0.15, -0.1) is 0 Å². The average Bonchev–Trinajstić information content (AvgIpc) is 2.92. The van der Waals surface area contributed by atoms with E-state index in [2.05, 4.69) is 10.4 Å². The number of carboxylic acids is 1. The zero-order valence-corrected chi connectivity index (χ0v) is 11.5. The van der Waals surface area contributed by atoms with Gasteiger partial charge in [0, 0.05) is 31.4 Å². The van der Waals surface area contributed by atoms with Gasteiger partial charge in [-0.2, -0.15) is 5.10 Å². The van der Waals surface area contributed by atoms with E-state index in [1.165, 1.54) is 0 Å². The van der Waals surface area contributed by atoms with Crippen molar-refractivity contribution in [2.45, 2.75) is 51.1 Å². The Hall–Kier alpha value is -1.85. The van der Waals surface area contributed by atoms with Gasteiger partial charge >= 0.3 is 5.97 Å². The summed E-state index contributed by atoms with van der Waals surface area (Å²) in [6.07, 6.45) is 7.70. The number of aryl methyl sites for hydroxylation is 1. The highest BCUT2D eigenvalue weighted by molar-refractivity contribution is 5.76. The molecular weight excluding hydrogens is 258 g/mol.